The predicted molar refractivity (Wildman–Crippen MR) is 138 cm³/mol. The van der Waals surface area contributed by atoms with Gasteiger partial charge >= 0.3 is 6.18 Å². The smallest absolute Gasteiger partial charge is 0.373 e. The Bertz CT molecular complexity index is 1400. The number of pyridine rings is 1. The predicted octanol–water partition coefficient (Wildman–Crippen LogP) is 6.72. The van der Waals surface area contributed by atoms with E-state index in [4.69, 9.17) is 26.3 Å². The third-order valence-electron chi connectivity index (χ3n) is 6.11. The van der Waals surface area contributed by atoms with Crippen LogP contribution in [0.2, 0.25) is 5.02 Å². The summed E-state index contributed by atoms with van der Waals surface area (Å²) < 4.78 is 44.9. The van der Waals surface area contributed by atoms with Gasteiger partial charge < -0.3 is 10.1 Å². The summed E-state index contributed by atoms with van der Waals surface area (Å²) in [4.78, 5) is 16.2. The molecule has 10 heteroatoms. The molecule has 0 amide bonds. The summed E-state index contributed by atoms with van der Waals surface area (Å²) in [5.41, 5.74) is 1.90. The van der Waals surface area contributed by atoms with Crippen molar-refractivity contribution in [2.45, 2.75) is 38.8 Å². The van der Waals surface area contributed by atoms with Gasteiger partial charge in [-0.05, 0) is 62.4 Å². The Labute approximate surface area is 217 Å². The minimum absolute atomic E-state index is 0.0897. The second kappa shape index (κ2) is 10.2. The molecule has 5 rings (SSSR count). The molecule has 1 saturated heterocycles. The van der Waals surface area contributed by atoms with Gasteiger partial charge in [-0.1, -0.05) is 17.7 Å². The molecular formula is C27H25ClF3N5O. The normalized spacial score (nSPS) is 18.8. The minimum Gasteiger partial charge on any atom is -0.373 e. The summed E-state index contributed by atoms with van der Waals surface area (Å²) >= 11 is 6.37. The number of fused-ring (bicyclic) bond motifs is 1. The fourth-order valence-electron chi connectivity index (χ4n) is 4.58. The number of rotatable bonds is 5. The second-order valence-corrected chi connectivity index (χ2v) is 9.61. The molecule has 0 saturated carbocycles. The Kier molecular flexibility index (Phi) is 7.02. The molecule has 0 radical (unpaired) electrons. The maximum atomic E-state index is 13.0. The number of anilines is 2. The van der Waals surface area contributed by atoms with E-state index in [-0.39, 0.29) is 12.2 Å². The highest BCUT2D eigenvalue weighted by Gasteiger charge is 2.30. The molecule has 1 N–H and O–H groups in total. The first kappa shape index (κ1) is 25.4. The summed E-state index contributed by atoms with van der Waals surface area (Å²) in [6.45, 7) is 6.06. The summed E-state index contributed by atoms with van der Waals surface area (Å²) in [5, 5.41) is 4.44. The third-order valence-corrected chi connectivity index (χ3v) is 6.42. The van der Waals surface area contributed by atoms with E-state index < -0.39 is 11.7 Å². The van der Waals surface area contributed by atoms with Crippen LogP contribution in [0.3, 0.4) is 0 Å². The van der Waals surface area contributed by atoms with E-state index in [2.05, 4.69) is 15.2 Å². The lowest BCUT2D eigenvalue weighted by Crippen LogP contribution is -2.45. The molecule has 3 heterocycles. The Morgan fingerprint density at radius 3 is 2.43 bits per heavy atom. The Morgan fingerprint density at radius 1 is 1.03 bits per heavy atom. The van der Waals surface area contributed by atoms with Crippen LogP contribution in [0, 0.1) is 0 Å². The number of halogens is 4. The van der Waals surface area contributed by atoms with Crippen LogP contribution in [0.5, 0.6) is 0 Å². The molecule has 0 unspecified atom stereocenters. The molecule has 2 atom stereocenters. The molecule has 0 spiro atoms. The van der Waals surface area contributed by atoms with Crippen molar-refractivity contribution in [3.05, 3.63) is 77.2 Å². The Morgan fingerprint density at radius 2 is 1.76 bits per heavy atom. The quantitative estimate of drug-likeness (QED) is 0.311. The number of hydrogen-bond acceptors (Lipinski definition) is 6. The van der Waals surface area contributed by atoms with Gasteiger partial charge in [0.05, 0.1) is 40.5 Å². The number of nitrogens with one attached hydrogen (secondary N) is 1. The van der Waals surface area contributed by atoms with E-state index in [0.29, 0.717) is 40.1 Å². The van der Waals surface area contributed by atoms with Crippen molar-refractivity contribution in [3.63, 3.8) is 0 Å². The van der Waals surface area contributed by atoms with Crippen LogP contribution in [-0.4, -0.2) is 45.1 Å². The van der Waals surface area contributed by atoms with Gasteiger partial charge in [-0.15, -0.1) is 0 Å². The van der Waals surface area contributed by atoms with Gasteiger partial charge in [-0.3, -0.25) is 9.88 Å². The summed E-state index contributed by atoms with van der Waals surface area (Å²) in [6, 6.07) is 14.1. The largest absolute Gasteiger partial charge is 0.416 e. The number of morpholine rings is 1. The average Bonchev–Trinajstić information content (AvgIpc) is 2.83. The number of ether oxygens (including phenoxy) is 1. The zero-order valence-corrected chi connectivity index (χ0v) is 21.0. The first-order chi connectivity index (χ1) is 17.7. The van der Waals surface area contributed by atoms with Crippen molar-refractivity contribution in [3.8, 4) is 11.3 Å². The van der Waals surface area contributed by atoms with E-state index in [1.165, 1.54) is 12.1 Å². The number of alkyl halides is 3. The standard InChI is InChI=1S/C27H25ClF3N5O/c1-16-13-36(14-17(2)37-16)15-24-34-23-12-18(25-22(28)4-3-11-32-25)5-10-21(23)26(35-24)33-20-8-6-19(7-9-20)27(29,30)31/h3-12,16-17H,13-15H2,1-2H3,(H,33,34,35)/t16-,17+. The molecule has 6 nitrogen and oxygen atoms in total. The fraction of sp³-hybridized carbons (Fsp3) is 0.296. The van der Waals surface area contributed by atoms with Crippen LogP contribution in [0.1, 0.15) is 25.2 Å². The molecule has 2 aromatic carbocycles. The van der Waals surface area contributed by atoms with Crippen LogP contribution in [0.25, 0.3) is 22.2 Å². The molecule has 1 aliphatic rings. The molecule has 192 valence electrons. The topological polar surface area (TPSA) is 63.2 Å². The van der Waals surface area contributed by atoms with Gasteiger partial charge in [-0.2, -0.15) is 13.2 Å². The van der Waals surface area contributed by atoms with Gasteiger partial charge in [0, 0.05) is 35.9 Å². The molecule has 2 aromatic heterocycles. The molecule has 0 bridgehead atoms. The van der Waals surface area contributed by atoms with E-state index in [0.717, 1.165) is 36.2 Å². The van der Waals surface area contributed by atoms with Crippen LogP contribution < -0.4 is 5.32 Å². The van der Waals surface area contributed by atoms with Crippen molar-refractivity contribution in [2.75, 3.05) is 18.4 Å². The lowest BCUT2D eigenvalue weighted by atomic mass is 10.1. The molecule has 1 aliphatic heterocycles. The number of hydrogen-bond donors (Lipinski definition) is 1. The van der Waals surface area contributed by atoms with Gasteiger partial charge in [-0.25, -0.2) is 9.97 Å². The van der Waals surface area contributed by atoms with Crippen LogP contribution in [-0.2, 0) is 17.5 Å². The Hall–Kier alpha value is -3.27. The summed E-state index contributed by atoms with van der Waals surface area (Å²) in [5.74, 6) is 1.10. The fourth-order valence-corrected chi connectivity index (χ4v) is 4.81. The van der Waals surface area contributed by atoms with E-state index in [1.807, 2.05) is 32.0 Å². The molecular weight excluding hydrogens is 503 g/mol. The zero-order valence-electron chi connectivity index (χ0n) is 20.3. The van der Waals surface area contributed by atoms with Crippen LogP contribution in [0.15, 0.2) is 60.8 Å². The van der Waals surface area contributed by atoms with Crippen molar-refractivity contribution in [1.29, 1.82) is 0 Å². The van der Waals surface area contributed by atoms with Crippen molar-refractivity contribution in [1.82, 2.24) is 19.9 Å². The van der Waals surface area contributed by atoms with Crippen LogP contribution in [0.4, 0.5) is 24.7 Å². The lowest BCUT2D eigenvalue weighted by molar-refractivity contribution is -0.137. The highest BCUT2D eigenvalue weighted by molar-refractivity contribution is 6.33. The number of nitrogens with zero attached hydrogens (tertiary/aromatic N) is 4. The highest BCUT2D eigenvalue weighted by atomic mass is 35.5. The van der Waals surface area contributed by atoms with Crippen molar-refractivity contribution >= 4 is 34.0 Å². The van der Waals surface area contributed by atoms with E-state index >= 15 is 0 Å². The lowest BCUT2D eigenvalue weighted by Gasteiger charge is -2.34. The maximum absolute atomic E-state index is 13.0. The van der Waals surface area contributed by atoms with Crippen LogP contribution >= 0.6 is 11.6 Å². The van der Waals surface area contributed by atoms with Crippen molar-refractivity contribution in [2.24, 2.45) is 0 Å². The van der Waals surface area contributed by atoms with Gasteiger partial charge in [0.1, 0.15) is 11.6 Å². The van der Waals surface area contributed by atoms with E-state index in [9.17, 15) is 13.2 Å². The summed E-state index contributed by atoms with van der Waals surface area (Å²) in [6.07, 6.45) is -2.54. The number of benzene rings is 2. The maximum Gasteiger partial charge on any atom is 0.416 e. The first-order valence-corrected chi connectivity index (χ1v) is 12.3. The van der Waals surface area contributed by atoms with Gasteiger partial charge in [0.25, 0.3) is 0 Å². The molecule has 0 aliphatic carbocycles. The third kappa shape index (κ3) is 5.84. The number of aromatic nitrogens is 3. The molecule has 1 fully saturated rings. The molecule has 4 aromatic rings. The SMILES string of the molecule is C[C@@H]1CN(Cc2nc(Nc3ccc(C(F)(F)F)cc3)c3ccc(-c4ncccc4Cl)cc3n2)C[C@H](C)O1. The van der Waals surface area contributed by atoms with E-state index in [1.54, 1.807) is 18.3 Å². The highest BCUT2D eigenvalue weighted by Crippen LogP contribution is 2.33. The molecule has 37 heavy (non-hydrogen) atoms. The van der Waals surface area contributed by atoms with Crippen molar-refractivity contribution < 1.29 is 17.9 Å². The summed E-state index contributed by atoms with van der Waals surface area (Å²) in [7, 11) is 0. The second-order valence-electron chi connectivity index (χ2n) is 9.21. The van der Waals surface area contributed by atoms with Gasteiger partial charge in [0.2, 0.25) is 0 Å². The average molecular weight is 528 g/mol. The monoisotopic (exact) mass is 527 g/mol. The Balaban J connectivity index is 1.54. The minimum atomic E-state index is -4.40. The zero-order chi connectivity index (χ0) is 26.2. The van der Waals surface area contributed by atoms with Gasteiger partial charge in [0.15, 0.2) is 0 Å². The first-order valence-electron chi connectivity index (χ1n) is 11.9.